The molecule has 7 nitrogen and oxygen atoms in total. The fraction of sp³-hybridized carbons (Fsp3) is 0.304. The number of amides is 2. The smallest absolute Gasteiger partial charge is 0.270 e. The second kappa shape index (κ2) is 7.74. The van der Waals surface area contributed by atoms with Crippen LogP contribution in [0.15, 0.2) is 48.5 Å². The molecule has 2 aliphatic rings. The van der Waals surface area contributed by atoms with Crippen LogP contribution < -0.4 is 9.47 Å². The predicted octanol–water partition coefficient (Wildman–Crippen LogP) is 2.93. The summed E-state index contributed by atoms with van der Waals surface area (Å²) in [6.45, 7) is 3.21. The molecule has 7 heteroatoms. The average molecular weight is 405 g/mol. The molecule has 3 heterocycles. The van der Waals surface area contributed by atoms with Gasteiger partial charge in [0.1, 0.15) is 5.69 Å². The van der Waals surface area contributed by atoms with Crippen molar-refractivity contribution >= 4 is 22.7 Å². The monoisotopic (exact) mass is 405 g/mol. The standard InChI is InChI=1S/C23H23N3O4/c27-22(17-6-7-20-21(15-17)30-13-3-12-29-20)25-8-10-26(11-9-25)23(28)19-14-16-4-1-2-5-18(16)24-19/h1-2,4-7,14-15,24H,3,8-13H2. The second-order valence-electron chi connectivity index (χ2n) is 7.57. The van der Waals surface area contributed by atoms with Crippen LogP contribution in [0.5, 0.6) is 11.5 Å². The van der Waals surface area contributed by atoms with Crippen molar-refractivity contribution in [3.63, 3.8) is 0 Å². The molecule has 0 radical (unpaired) electrons. The van der Waals surface area contributed by atoms with Gasteiger partial charge in [0.25, 0.3) is 11.8 Å². The number of benzene rings is 2. The summed E-state index contributed by atoms with van der Waals surface area (Å²) in [6, 6.07) is 15.0. The zero-order chi connectivity index (χ0) is 20.5. The predicted molar refractivity (Wildman–Crippen MR) is 112 cm³/mol. The molecule has 2 aliphatic heterocycles. The molecule has 0 saturated carbocycles. The third-order valence-corrected chi connectivity index (χ3v) is 5.61. The molecule has 0 atom stereocenters. The van der Waals surface area contributed by atoms with E-state index < -0.39 is 0 Å². The van der Waals surface area contributed by atoms with Gasteiger partial charge in [-0.2, -0.15) is 0 Å². The highest BCUT2D eigenvalue weighted by molar-refractivity contribution is 5.98. The molecule has 1 aromatic heterocycles. The Balaban J connectivity index is 1.25. The fourth-order valence-electron chi connectivity index (χ4n) is 3.95. The van der Waals surface area contributed by atoms with Crippen molar-refractivity contribution in [2.24, 2.45) is 0 Å². The molecule has 1 N–H and O–H groups in total. The molecule has 2 amide bonds. The number of carbonyl (C=O) groups excluding carboxylic acids is 2. The van der Waals surface area contributed by atoms with Crippen molar-refractivity contribution in [3.8, 4) is 11.5 Å². The van der Waals surface area contributed by atoms with Crippen LogP contribution in [0.3, 0.4) is 0 Å². The van der Waals surface area contributed by atoms with Crippen LogP contribution in [-0.2, 0) is 0 Å². The summed E-state index contributed by atoms with van der Waals surface area (Å²) in [5, 5.41) is 1.02. The van der Waals surface area contributed by atoms with E-state index >= 15 is 0 Å². The number of fused-ring (bicyclic) bond motifs is 2. The molecule has 0 bridgehead atoms. The number of carbonyl (C=O) groups is 2. The second-order valence-corrected chi connectivity index (χ2v) is 7.57. The largest absolute Gasteiger partial charge is 0.490 e. The van der Waals surface area contributed by atoms with E-state index in [0.29, 0.717) is 62.1 Å². The van der Waals surface area contributed by atoms with E-state index in [1.54, 1.807) is 28.0 Å². The van der Waals surface area contributed by atoms with Crippen LogP contribution >= 0.6 is 0 Å². The van der Waals surface area contributed by atoms with E-state index in [0.717, 1.165) is 17.3 Å². The number of aromatic amines is 1. The quantitative estimate of drug-likeness (QED) is 0.711. The Bertz CT molecular complexity index is 1070. The first kappa shape index (κ1) is 18.5. The zero-order valence-electron chi connectivity index (χ0n) is 16.6. The number of para-hydroxylation sites is 1. The Morgan fingerprint density at radius 2 is 1.50 bits per heavy atom. The molecule has 0 aliphatic carbocycles. The Morgan fingerprint density at radius 1 is 0.800 bits per heavy atom. The fourth-order valence-corrected chi connectivity index (χ4v) is 3.95. The van der Waals surface area contributed by atoms with Crippen LogP contribution in [0.4, 0.5) is 0 Å². The minimum atomic E-state index is -0.0524. The van der Waals surface area contributed by atoms with Crippen molar-refractivity contribution in [1.29, 1.82) is 0 Å². The van der Waals surface area contributed by atoms with Gasteiger partial charge in [0, 0.05) is 49.1 Å². The number of hydrogen-bond donors (Lipinski definition) is 1. The molecule has 0 spiro atoms. The van der Waals surface area contributed by atoms with Gasteiger partial charge >= 0.3 is 0 Å². The summed E-state index contributed by atoms with van der Waals surface area (Å²) in [4.78, 5) is 32.6. The number of hydrogen-bond acceptors (Lipinski definition) is 4. The third kappa shape index (κ3) is 3.47. The number of piperazine rings is 1. The van der Waals surface area contributed by atoms with Gasteiger partial charge in [-0.1, -0.05) is 18.2 Å². The minimum absolute atomic E-state index is 0.0334. The van der Waals surface area contributed by atoms with Gasteiger partial charge in [0.05, 0.1) is 13.2 Å². The van der Waals surface area contributed by atoms with Gasteiger partial charge in [-0.05, 0) is 30.3 Å². The highest BCUT2D eigenvalue weighted by Gasteiger charge is 2.27. The van der Waals surface area contributed by atoms with Crippen molar-refractivity contribution in [2.75, 3.05) is 39.4 Å². The lowest BCUT2D eigenvalue weighted by atomic mass is 10.1. The van der Waals surface area contributed by atoms with Gasteiger partial charge in [0.15, 0.2) is 11.5 Å². The Hall–Kier alpha value is -3.48. The Kier molecular flexibility index (Phi) is 4.78. The van der Waals surface area contributed by atoms with Crippen molar-refractivity contribution in [1.82, 2.24) is 14.8 Å². The van der Waals surface area contributed by atoms with Crippen molar-refractivity contribution in [3.05, 3.63) is 59.8 Å². The van der Waals surface area contributed by atoms with E-state index in [9.17, 15) is 9.59 Å². The number of nitrogens with zero attached hydrogens (tertiary/aromatic N) is 2. The number of nitrogens with one attached hydrogen (secondary N) is 1. The first-order valence-electron chi connectivity index (χ1n) is 10.2. The number of aromatic nitrogens is 1. The first-order valence-corrected chi connectivity index (χ1v) is 10.2. The van der Waals surface area contributed by atoms with E-state index in [1.807, 2.05) is 30.3 Å². The summed E-state index contributed by atoms with van der Waals surface area (Å²) in [6.07, 6.45) is 0.824. The zero-order valence-corrected chi connectivity index (χ0v) is 16.6. The van der Waals surface area contributed by atoms with Gasteiger partial charge in [-0.3, -0.25) is 9.59 Å². The lowest BCUT2D eigenvalue weighted by Crippen LogP contribution is -2.50. The highest BCUT2D eigenvalue weighted by atomic mass is 16.5. The van der Waals surface area contributed by atoms with Gasteiger partial charge in [-0.15, -0.1) is 0 Å². The molecule has 0 unspecified atom stereocenters. The summed E-state index contributed by atoms with van der Waals surface area (Å²) < 4.78 is 11.3. The molecule has 1 fully saturated rings. The summed E-state index contributed by atoms with van der Waals surface area (Å²) in [7, 11) is 0. The van der Waals surface area contributed by atoms with Crippen molar-refractivity contribution in [2.45, 2.75) is 6.42 Å². The van der Waals surface area contributed by atoms with E-state index in [4.69, 9.17) is 9.47 Å². The topological polar surface area (TPSA) is 74.9 Å². The molecular weight excluding hydrogens is 382 g/mol. The number of H-pyrrole nitrogens is 1. The van der Waals surface area contributed by atoms with Crippen LogP contribution in [0.25, 0.3) is 10.9 Å². The SMILES string of the molecule is O=C(c1ccc2c(c1)OCCCO2)N1CCN(C(=O)c2cc3ccccc3[nH]2)CC1. The average Bonchev–Trinajstić information content (AvgIpc) is 3.09. The molecule has 154 valence electrons. The van der Waals surface area contributed by atoms with Crippen LogP contribution in [-0.4, -0.2) is 66.0 Å². The molecule has 5 rings (SSSR count). The molecule has 3 aromatic rings. The van der Waals surface area contributed by atoms with Crippen LogP contribution in [0.2, 0.25) is 0 Å². The van der Waals surface area contributed by atoms with E-state index in [1.165, 1.54) is 0 Å². The van der Waals surface area contributed by atoms with E-state index in [2.05, 4.69) is 4.98 Å². The van der Waals surface area contributed by atoms with Gasteiger partial charge in [-0.25, -0.2) is 0 Å². The lowest BCUT2D eigenvalue weighted by molar-refractivity contribution is 0.0532. The summed E-state index contributed by atoms with van der Waals surface area (Å²) >= 11 is 0. The third-order valence-electron chi connectivity index (χ3n) is 5.61. The number of rotatable bonds is 2. The Morgan fingerprint density at radius 3 is 2.27 bits per heavy atom. The Labute approximate surface area is 174 Å². The molecule has 2 aromatic carbocycles. The minimum Gasteiger partial charge on any atom is -0.490 e. The van der Waals surface area contributed by atoms with Gasteiger partial charge in [0.2, 0.25) is 0 Å². The van der Waals surface area contributed by atoms with Crippen LogP contribution in [0.1, 0.15) is 27.3 Å². The maximum Gasteiger partial charge on any atom is 0.270 e. The molecular formula is C23H23N3O4. The first-order chi connectivity index (χ1) is 14.7. The van der Waals surface area contributed by atoms with E-state index in [-0.39, 0.29) is 11.8 Å². The number of ether oxygens (including phenoxy) is 2. The van der Waals surface area contributed by atoms with Crippen molar-refractivity contribution < 1.29 is 19.1 Å². The van der Waals surface area contributed by atoms with Crippen LogP contribution in [0, 0.1) is 0 Å². The normalized spacial score (nSPS) is 16.4. The lowest BCUT2D eigenvalue weighted by Gasteiger charge is -2.34. The molecule has 1 saturated heterocycles. The highest BCUT2D eigenvalue weighted by Crippen LogP contribution is 2.31. The summed E-state index contributed by atoms with van der Waals surface area (Å²) in [5.74, 6) is 1.21. The maximum absolute atomic E-state index is 13.0. The maximum atomic E-state index is 13.0. The molecule has 30 heavy (non-hydrogen) atoms. The van der Waals surface area contributed by atoms with Gasteiger partial charge < -0.3 is 24.3 Å². The summed E-state index contributed by atoms with van der Waals surface area (Å²) in [5.41, 5.74) is 2.11.